The first-order chi connectivity index (χ1) is 11.7. The van der Waals surface area contributed by atoms with Gasteiger partial charge in [-0.2, -0.15) is 0 Å². The van der Waals surface area contributed by atoms with Crippen molar-refractivity contribution in [3.05, 3.63) is 35.4 Å². The van der Waals surface area contributed by atoms with Gasteiger partial charge >= 0.3 is 0 Å². The number of nitrogens with zero attached hydrogens (tertiary/aromatic N) is 2. The molecule has 1 amide bonds. The molecule has 0 radical (unpaired) electrons. The molecule has 134 valence electrons. The van der Waals surface area contributed by atoms with Gasteiger partial charge in [0.2, 0.25) is 0 Å². The van der Waals surface area contributed by atoms with Gasteiger partial charge < -0.3 is 10.5 Å². The van der Waals surface area contributed by atoms with E-state index in [1.54, 1.807) is 7.05 Å². The van der Waals surface area contributed by atoms with Gasteiger partial charge in [0.25, 0.3) is 5.91 Å². The summed E-state index contributed by atoms with van der Waals surface area (Å²) in [6, 6.07) is 5.96. The number of fused-ring (bicyclic) bond motifs is 2. The summed E-state index contributed by atoms with van der Waals surface area (Å²) in [5, 5.41) is 0. The average Bonchev–Trinajstić information content (AvgIpc) is 2.77. The van der Waals surface area contributed by atoms with Crippen LogP contribution in [0.5, 0.6) is 5.75 Å². The fraction of sp³-hybridized carbons (Fsp3) is 0.500. The van der Waals surface area contributed by atoms with Crippen LogP contribution in [0.1, 0.15) is 45.2 Å². The molecule has 1 atom stereocenters. The van der Waals surface area contributed by atoms with Crippen molar-refractivity contribution in [3.8, 4) is 5.75 Å². The van der Waals surface area contributed by atoms with E-state index in [2.05, 4.69) is 31.0 Å². The highest BCUT2D eigenvalue weighted by atomic mass is 16.5. The van der Waals surface area contributed by atoms with Crippen LogP contribution >= 0.6 is 0 Å². The summed E-state index contributed by atoms with van der Waals surface area (Å²) in [5.74, 6) is 1.48. The minimum atomic E-state index is -1.03. The topological polar surface area (TPSA) is 67.9 Å². The first-order valence-corrected chi connectivity index (χ1v) is 8.76. The quantitative estimate of drug-likeness (QED) is 0.918. The van der Waals surface area contributed by atoms with Gasteiger partial charge in [-0.05, 0) is 30.0 Å². The Balaban J connectivity index is 2.12. The summed E-state index contributed by atoms with van der Waals surface area (Å²) in [5.41, 5.74) is 6.32. The highest BCUT2D eigenvalue weighted by Gasteiger charge is 2.61. The molecule has 5 heteroatoms. The molecule has 0 fully saturated rings. The van der Waals surface area contributed by atoms with Crippen LogP contribution in [0.3, 0.4) is 0 Å². The van der Waals surface area contributed by atoms with Gasteiger partial charge in [-0.15, -0.1) is 0 Å². The summed E-state index contributed by atoms with van der Waals surface area (Å²) in [7, 11) is 1.67. The average molecular weight is 341 g/mol. The predicted octanol–water partition coefficient (Wildman–Crippen LogP) is 3.15. The zero-order valence-electron chi connectivity index (χ0n) is 15.7. The number of allylic oxidation sites excluding steroid dienone is 1. The van der Waals surface area contributed by atoms with Crippen molar-refractivity contribution in [1.82, 2.24) is 4.90 Å². The van der Waals surface area contributed by atoms with Crippen LogP contribution in [0.4, 0.5) is 0 Å². The molecule has 2 N–H and O–H groups in total. The van der Waals surface area contributed by atoms with Crippen molar-refractivity contribution in [2.45, 2.75) is 39.7 Å². The molecular formula is C20H27N3O2. The Morgan fingerprint density at radius 3 is 2.72 bits per heavy atom. The lowest BCUT2D eigenvalue weighted by Gasteiger charge is -2.44. The Labute approximate surface area is 149 Å². The zero-order chi connectivity index (χ0) is 18.4. The van der Waals surface area contributed by atoms with Crippen LogP contribution < -0.4 is 10.5 Å². The van der Waals surface area contributed by atoms with Crippen LogP contribution in [0.15, 0.2) is 29.3 Å². The molecule has 25 heavy (non-hydrogen) atoms. The summed E-state index contributed by atoms with van der Waals surface area (Å²) in [4.78, 5) is 19.2. The van der Waals surface area contributed by atoms with Crippen LogP contribution in [0.25, 0.3) is 6.08 Å². The van der Waals surface area contributed by atoms with Crippen LogP contribution in [-0.4, -0.2) is 30.4 Å². The van der Waals surface area contributed by atoms with E-state index < -0.39 is 11.0 Å². The fourth-order valence-electron chi connectivity index (χ4n) is 3.52. The molecule has 1 aromatic carbocycles. The molecule has 0 saturated heterocycles. The summed E-state index contributed by atoms with van der Waals surface area (Å²) in [6.45, 7) is 8.80. The van der Waals surface area contributed by atoms with E-state index in [1.807, 2.05) is 32.0 Å². The van der Waals surface area contributed by atoms with E-state index >= 15 is 0 Å². The van der Waals surface area contributed by atoms with E-state index in [0.29, 0.717) is 18.3 Å². The highest BCUT2D eigenvalue weighted by Crippen LogP contribution is 2.53. The number of hydrogen-bond donors (Lipinski definition) is 1. The monoisotopic (exact) mass is 341 g/mol. The normalized spacial score (nSPS) is 24.8. The van der Waals surface area contributed by atoms with Gasteiger partial charge in [-0.1, -0.05) is 45.9 Å². The third kappa shape index (κ3) is 2.62. The zero-order valence-corrected chi connectivity index (χ0v) is 15.7. The lowest BCUT2D eigenvalue weighted by Crippen LogP contribution is -2.53. The van der Waals surface area contributed by atoms with Gasteiger partial charge in [0, 0.05) is 18.0 Å². The first-order valence-electron chi connectivity index (χ1n) is 8.76. The van der Waals surface area contributed by atoms with E-state index in [1.165, 1.54) is 4.90 Å². The Kier molecular flexibility index (Phi) is 4.13. The minimum absolute atomic E-state index is 0.0946. The molecule has 3 rings (SSSR count). The summed E-state index contributed by atoms with van der Waals surface area (Å²) >= 11 is 0. The SMILES string of the molecule is CC(C)C/C=C/c1ccc2c(c1)C1(N=C(N)N(C)C1=O)C(C)(C)CO2. The van der Waals surface area contributed by atoms with Crippen molar-refractivity contribution in [3.63, 3.8) is 0 Å². The van der Waals surface area contributed by atoms with Crippen LogP contribution in [-0.2, 0) is 10.3 Å². The molecule has 1 spiro atoms. The lowest BCUT2D eigenvalue weighted by atomic mass is 9.66. The number of hydrogen-bond acceptors (Lipinski definition) is 4. The molecule has 0 aliphatic carbocycles. The second kappa shape index (κ2) is 5.90. The number of guanidine groups is 1. The van der Waals surface area contributed by atoms with Crippen molar-refractivity contribution in [2.24, 2.45) is 22.1 Å². The van der Waals surface area contributed by atoms with Crippen LogP contribution in [0, 0.1) is 11.3 Å². The minimum Gasteiger partial charge on any atom is -0.493 e. The van der Waals surface area contributed by atoms with E-state index in [-0.39, 0.29) is 11.9 Å². The second-order valence-corrected chi connectivity index (χ2v) is 8.00. The number of likely N-dealkylation sites (N-methyl/N-ethyl adjacent to an activating group) is 1. The maximum absolute atomic E-state index is 13.1. The highest BCUT2D eigenvalue weighted by molar-refractivity contribution is 6.08. The Bertz CT molecular complexity index is 764. The van der Waals surface area contributed by atoms with Gasteiger partial charge in [0.05, 0.1) is 6.61 Å². The van der Waals surface area contributed by atoms with Gasteiger partial charge in [-0.25, -0.2) is 4.99 Å². The number of nitrogens with two attached hydrogens (primary N) is 1. The maximum Gasteiger partial charge on any atom is 0.262 e. The molecule has 2 aliphatic rings. The molecule has 1 aromatic rings. The third-order valence-electron chi connectivity index (χ3n) is 5.12. The van der Waals surface area contributed by atoms with E-state index in [4.69, 9.17) is 10.5 Å². The number of aliphatic imine (C=N–C) groups is 1. The molecule has 0 saturated carbocycles. The number of ether oxygens (including phenoxy) is 1. The first kappa shape index (κ1) is 17.5. The second-order valence-electron chi connectivity index (χ2n) is 8.00. The van der Waals surface area contributed by atoms with Crippen molar-refractivity contribution in [2.75, 3.05) is 13.7 Å². The van der Waals surface area contributed by atoms with Crippen molar-refractivity contribution in [1.29, 1.82) is 0 Å². The van der Waals surface area contributed by atoms with Gasteiger partial charge in [0.1, 0.15) is 5.75 Å². The van der Waals surface area contributed by atoms with Crippen molar-refractivity contribution < 1.29 is 9.53 Å². The maximum atomic E-state index is 13.1. The molecule has 2 aliphatic heterocycles. The fourth-order valence-corrected chi connectivity index (χ4v) is 3.52. The summed E-state index contributed by atoms with van der Waals surface area (Å²) < 4.78 is 5.94. The number of carbonyl (C=O) groups excluding carboxylic acids is 1. The van der Waals surface area contributed by atoms with Gasteiger partial charge in [0.15, 0.2) is 11.5 Å². The Morgan fingerprint density at radius 2 is 2.12 bits per heavy atom. The smallest absolute Gasteiger partial charge is 0.262 e. The molecule has 1 unspecified atom stereocenters. The number of benzene rings is 1. The van der Waals surface area contributed by atoms with Crippen LogP contribution in [0.2, 0.25) is 0 Å². The molecule has 0 bridgehead atoms. The predicted molar refractivity (Wildman–Crippen MR) is 100 cm³/mol. The largest absolute Gasteiger partial charge is 0.493 e. The van der Waals surface area contributed by atoms with Crippen molar-refractivity contribution >= 4 is 17.9 Å². The van der Waals surface area contributed by atoms with E-state index in [0.717, 1.165) is 17.5 Å². The lowest BCUT2D eigenvalue weighted by molar-refractivity contribution is -0.137. The Morgan fingerprint density at radius 1 is 1.40 bits per heavy atom. The number of rotatable bonds is 3. The standard InChI is InChI=1S/C20H27N3O2/c1-13(2)7-6-8-14-9-10-16-15(11-14)20(19(3,4)12-25-16)17(24)23(5)18(21)22-20/h6,8-11,13H,7,12H2,1-5H3,(H2,21,22)/b8-6+. The molecular weight excluding hydrogens is 314 g/mol. The molecule has 0 aromatic heterocycles. The molecule has 5 nitrogen and oxygen atoms in total. The van der Waals surface area contributed by atoms with Gasteiger partial charge in [-0.3, -0.25) is 9.69 Å². The molecule has 2 heterocycles. The summed E-state index contributed by atoms with van der Waals surface area (Å²) in [6.07, 6.45) is 5.26. The number of carbonyl (C=O) groups is 1. The third-order valence-corrected chi connectivity index (χ3v) is 5.12. The Hall–Kier alpha value is -2.30. The number of amides is 1. The van der Waals surface area contributed by atoms with E-state index in [9.17, 15) is 4.79 Å².